The second kappa shape index (κ2) is 7.31. The topological polar surface area (TPSA) is 94.6 Å². The summed E-state index contributed by atoms with van der Waals surface area (Å²) in [5.41, 5.74) is 7.32. The average Bonchev–Trinajstić information content (AvgIpc) is 2.97. The van der Waals surface area contributed by atoms with Crippen molar-refractivity contribution < 1.29 is 18.7 Å². The summed E-state index contributed by atoms with van der Waals surface area (Å²) >= 11 is 0. The van der Waals surface area contributed by atoms with Crippen molar-refractivity contribution in [3.05, 3.63) is 65.4 Å². The van der Waals surface area contributed by atoms with E-state index in [0.29, 0.717) is 29.1 Å². The molecule has 3 aromatic rings. The molecule has 6 heteroatoms. The highest BCUT2D eigenvalue weighted by Crippen LogP contribution is 2.29. The van der Waals surface area contributed by atoms with Gasteiger partial charge < -0.3 is 20.2 Å². The van der Waals surface area contributed by atoms with Crippen molar-refractivity contribution in [2.75, 3.05) is 6.61 Å². The number of rotatable bonds is 6. The monoisotopic (exact) mass is 352 g/mol. The zero-order chi connectivity index (χ0) is 18.7. The number of furan rings is 1. The molecular weight excluding hydrogens is 332 g/mol. The fraction of sp³-hybridized carbons (Fsp3) is 0.200. The van der Waals surface area contributed by atoms with Gasteiger partial charge in [-0.3, -0.25) is 9.59 Å². The van der Waals surface area contributed by atoms with Gasteiger partial charge in [0.25, 0.3) is 5.91 Å². The molecule has 0 aliphatic rings. The van der Waals surface area contributed by atoms with Gasteiger partial charge in [0.2, 0.25) is 5.91 Å². The zero-order valence-electron chi connectivity index (χ0n) is 14.6. The lowest BCUT2D eigenvalue weighted by molar-refractivity contribution is -0.120. The number of benzene rings is 2. The van der Waals surface area contributed by atoms with Gasteiger partial charge in [-0.2, -0.15) is 0 Å². The summed E-state index contributed by atoms with van der Waals surface area (Å²) < 4.78 is 11.2. The number of fused-ring (bicyclic) bond motifs is 1. The van der Waals surface area contributed by atoms with Crippen molar-refractivity contribution in [3.63, 3.8) is 0 Å². The van der Waals surface area contributed by atoms with Crippen LogP contribution in [0.25, 0.3) is 11.0 Å². The van der Waals surface area contributed by atoms with Crippen LogP contribution in [0.1, 0.15) is 34.6 Å². The number of hydrogen-bond acceptors (Lipinski definition) is 4. The van der Waals surface area contributed by atoms with Gasteiger partial charge in [-0.15, -0.1) is 0 Å². The van der Waals surface area contributed by atoms with E-state index in [1.165, 1.54) is 0 Å². The number of nitrogens with one attached hydrogen (secondary N) is 1. The molecule has 0 saturated carbocycles. The van der Waals surface area contributed by atoms with Crippen LogP contribution < -0.4 is 15.8 Å². The summed E-state index contributed by atoms with van der Waals surface area (Å²) in [4.78, 5) is 24.5. The Morgan fingerprint density at radius 3 is 2.58 bits per heavy atom. The van der Waals surface area contributed by atoms with Crippen molar-refractivity contribution in [2.24, 2.45) is 5.73 Å². The van der Waals surface area contributed by atoms with Gasteiger partial charge in [-0.05, 0) is 37.6 Å². The number of aryl methyl sites for hydroxylation is 1. The van der Waals surface area contributed by atoms with Gasteiger partial charge in [-0.1, -0.05) is 30.3 Å². The van der Waals surface area contributed by atoms with Gasteiger partial charge in [0.15, 0.2) is 5.76 Å². The second-order valence-electron chi connectivity index (χ2n) is 5.87. The minimum Gasteiger partial charge on any atom is -0.494 e. The van der Waals surface area contributed by atoms with Gasteiger partial charge >= 0.3 is 0 Å². The Morgan fingerprint density at radius 1 is 1.19 bits per heavy atom. The van der Waals surface area contributed by atoms with Crippen molar-refractivity contribution in [2.45, 2.75) is 19.9 Å². The number of carbonyl (C=O) groups excluding carboxylic acids is 2. The Labute approximate surface area is 150 Å². The number of hydrogen-bond donors (Lipinski definition) is 2. The van der Waals surface area contributed by atoms with E-state index in [4.69, 9.17) is 14.9 Å². The maximum atomic E-state index is 12.7. The summed E-state index contributed by atoms with van der Waals surface area (Å²) in [5.74, 6) is -0.285. The van der Waals surface area contributed by atoms with Gasteiger partial charge in [0, 0.05) is 10.9 Å². The smallest absolute Gasteiger partial charge is 0.288 e. The molecule has 0 aliphatic heterocycles. The first-order chi connectivity index (χ1) is 12.5. The lowest BCUT2D eigenvalue weighted by atomic mass is 10.1. The summed E-state index contributed by atoms with van der Waals surface area (Å²) in [5, 5.41) is 3.44. The Morgan fingerprint density at radius 2 is 1.92 bits per heavy atom. The molecule has 2 amide bonds. The third-order valence-corrected chi connectivity index (χ3v) is 4.12. The normalized spacial score (nSPS) is 11.9. The molecule has 0 aliphatic carbocycles. The molecule has 3 rings (SSSR count). The first-order valence-corrected chi connectivity index (χ1v) is 8.32. The van der Waals surface area contributed by atoms with Crippen LogP contribution >= 0.6 is 0 Å². The van der Waals surface area contributed by atoms with E-state index < -0.39 is 17.9 Å². The van der Waals surface area contributed by atoms with Gasteiger partial charge in [-0.25, -0.2) is 0 Å². The lowest BCUT2D eigenvalue weighted by Gasteiger charge is -2.15. The number of amides is 2. The highest BCUT2D eigenvalue weighted by molar-refractivity contribution is 6.01. The molecule has 1 aromatic heterocycles. The van der Waals surface area contributed by atoms with Crippen molar-refractivity contribution >= 4 is 22.8 Å². The maximum Gasteiger partial charge on any atom is 0.288 e. The van der Waals surface area contributed by atoms with Crippen molar-refractivity contribution in [3.8, 4) is 5.75 Å². The lowest BCUT2D eigenvalue weighted by Crippen LogP contribution is -2.37. The fourth-order valence-electron chi connectivity index (χ4n) is 2.83. The standard InChI is InChI=1S/C20H20N2O4/c1-3-25-14-9-10-16-15(11-14)12(2)18(26-16)20(24)22-17(19(21)23)13-7-5-4-6-8-13/h4-11,17H,3H2,1-2H3,(H2,21,23)(H,22,24)/t17-/m0/s1. The van der Waals surface area contributed by atoms with Crippen LogP contribution in [0.5, 0.6) is 5.75 Å². The molecule has 0 radical (unpaired) electrons. The van der Waals surface area contributed by atoms with Crippen LogP contribution in [-0.4, -0.2) is 18.4 Å². The maximum absolute atomic E-state index is 12.7. The van der Waals surface area contributed by atoms with E-state index in [2.05, 4.69) is 5.32 Å². The second-order valence-corrected chi connectivity index (χ2v) is 5.87. The van der Waals surface area contributed by atoms with E-state index in [9.17, 15) is 9.59 Å². The van der Waals surface area contributed by atoms with Crippen LogP contribution in [0.4, 0.5) is 0 Å². The number of carbonyl (C=O) groups is 2. The number of primary amides is 1. The summed E-state index contributed by atoms with van der Waals surface area (Å²) in [6, 6.07) is 13.3. The Balaban J connectivity index is 1.91. The molecule has 2 aromatic carbocycles. The molecule has 0 spiro atoms. The third kappa shape index (κ3) is 3.39. The van der Waals surface area contributed by atoms with Crippen molar-refractivity contribution in [1.29, 1.82) is 0 Å². The van der Waals surface area contributed by atoms with Crippen LogP contribution in [0.15, 0.2) is 52.9 Å². The van der Waals surface area contributed by atoms with E-state index in [0.717, 1.165) is 5.39 Å². The highest BCUT2D eigenvalue weighted by atomic mass is 16.5. The van der Waals surface area contributed by atoms with Crippen LogP contribution in [0.3, 0.4) is 0 Å². The molecule has 3 N–H and O–H groups in total. The van der Waals surface area contributed by atoms with E-state index >= 15 is 0 Å². The number of nitrogens with two attached hydrogens (primary N) is 1. The summed E-state index contributed by atoms with van der Waals surface area (Å²) in [6.07, 6.45) is 0. The zero-order valence-corrected chi connectivity index (χ0v) is 14.6. The van der Waals surface area contributed by atoms with Gasteiger partial charge in [0.1, 0.15) is 17.4 Å². The molecule has 134 valence electrons. The Kier molecular flexibility index (Phi) is 4.93. The molecule has 0 saturated heterocycles. The molecule has 0 unspecified atom stereocenters. The quantitative estimate of drug-likeness (QED) is 0.713. The Hall–Kier alpha value is -3.28. The van der Waals surface area contributed by atoms with Crippen LogP contribution in [-0.2, 0) is 4.79 Å². The first kappa shape index (κ1) is 17.5. The molecule has 0 bridgehead atoms. The number of ether oxygens (including phenoxy) is 1. The van der Waals surface area contributed by atoms with E-state index in [-0.39, 0.29) is 5.76 Å². The molecule has 26 heavy (non-hydrogen) atoms. The SMILES string of the molecule is CCOc1ccc2oc(C(=O)N[C@H](C(N)=O)c3ccccc3)c(C)c2c1. The van der Waals surface area contributed by atoms with Crippen LogP contribution in [0, 0.1) is 6.92 Å². The fourth-order valence-corrected chi connectivity index (χ4v) is 2.83. The molecule has 1 heterocycles. The minimum absolute atomic E-state index is 0.149. The van der Waals surface area contributed by atoms with E-state index in [1.807, 2.05) is 19.1 Å². The minimum atomic E-state index is -0.935. The van der Waals surface area contributed by atoms with Gasteiger partial charge in [0.05, 0.1) is 6.61 Å². The molecule has 1 atom stereocenters. The molecular formula is C20H20N2O4. The molecule has 0 fully saturated rings. The largest absolute Gasteiger partial charge is 0.494 e. The summed E-state index contributed by atoms with van der Waals surface area (Å²) in [6.45, 7) is 4.24. The van der Waals surface area contributed by atoms with Crippen molar-refractivity contribution in [1.82, 2.24) is 5.32 Å². The third-order valence-electron chi connectivity index (χ3n) is 4.12. The Bertz CT molecular complexity index is 947. The predicted octanol–water partition coefficient (Wildman–Crippen LogP) is 3.10. The van der Waals surface area contributed by atoms with E-state index in [1.54, 1.807) is 43.3 Å². The van der Waals surface area contributed by atoms with Crippen LogP contribution in [0.2, 0.25) is 0 Å². The highest BCUT2D eigenvalue weighted by Gasteiger charge is 2.24. The average molecular weight is 352 g/mol. The predicted molar refractivity (Wildman–Crippen MR) is 98.0 cm³/mol. The summed E-state index contributed by atoms with van der Waals surface area (Å²) in [7, 11) is 0. The molecule has 6 nitrogen and oxygen atoms in total. The first-order valence-electron chi connectivity index (χ1n) is 8.32.